The third-order valence-electron chi connectivity index (χ3n) is 23.1. The molecule has 10 rings (SSSR count). The van der Waals surface area contributed by atoms with E-state index in [1.54, 1.807) is 6.92 Å². The van der Waals surface area contributed by atoms with Gasteiger partial charge < -0.3 is 124 Å². The monoisotopic (exact) mass is 1210 g/mol. The Morgan fingerprint density at radius 1 is 0.571 bits per heavy atom. The number of carbonyl (C=O) groups excluding carboxylic acids is 1. The molecule has 5 saturated heterocycles. The molecule has 9 fully saturated rings. The van der Waals surface area contributed by atoms with Crippen molar-refractivity contribution in [2.45, 2.75) is 266 Å². The fraction of sp³-hybridized carbons (Fsp3) is 0.948. The van der Waals surface area contributed by atoms with Gasteiger partial charge in [-0.2, -0.15) is 0 Å². The van der Waals surface area contributed by atoms with Crippen LogP contribution in [0.3, 0.4) is 0 Å². The lowest BCUT2D eigenvalue weighted by molar-refractivity contribution is -0.383. The molecule has 10 aliphatic rings. The standard InChI is InChI=1S/C58H94O26/c1-23-11-16-58(52(73)84-50-43(72)39(68)36(65)29(80-50)22-77-47-41(70)38(67)35(64)28(19-59)79-47)18-17-55(6)25(46(58)57(23,8)74)9-10-31-54(5)14-13-32(53(3,4)30(54)12-15-56(31,55)7)81-51-45(83-49-42(71)37(66)33(62)24(2)78-49)44(27(61)21-76-51)82-48-40(69)34(63)26(60)20-75-48/h9,23-24,26-51,59-72,74H,10-22H2,1-8H3/t23-,24+,26+,27-,28-,29-,30+,31-,32+,33+,34+,35-,36-,37-,38+,39+,40-,41-,42-,43-,44+,45-,46-,47-,48+,49+,50+,51+,54+,55-,56-,57-,58+/m1/s1. The summed E-state index contributed by atoms with van der Waals surface area (Å²) in [6.45, 7) is 14.4. The summed E-state index contributed by atoms with van der Waals surface area (Å²) in [6.07, 6.45) is -29.7. The highest BCUT2D eigenvalue weighted by Gasteiger charge is 2.72. The van der Waals surface area contributed by atoms with Crippen LogP contribution in [0.15, 0.2) is 11.6 Å². The predicted octanol–water partition coefficient (Wildman–Crippen LogP) is -2.93. The first kappa shape index (κ1) is 65.2. The topological polar surface area (TPSA) is 413 Å². The summed E-state index contributed by atoms with van der Waals surface area (Å²) in [4.78, 5) is 15.2. The number of esters is 1. The van der Waals surface area contributed by atoms with Gasteiger partial charge in [0.1, 0.15) is 104 Å². The van der Waals surface area contributed by atoms with Gasteiger partial charge in [0.25, 0.3) is 0 Å². The number of carbonyl (C=O) groups is 1. The lowest BCUT2D eigenvalue weighted by Crippen LogP contribution is -2.68. The van der Waals surface area contributed by atoms with E-state index in [0.29, 0.717) is 44.9 Å². The van der Waals surface area contributed by atoms with Crippen molar-refractivity contribution in [3.8, 4) is 0 Å². The molecule has 0 bridgehead atoms. The molecule has 482 valence electrons. The van der Waals surface area contributed by atoms with Crippen LogP contribution in [0.4, 0.5) is 0 Å². The van der Waals surface area contributed by atoms with Crippen molar-refractivity contribution in [2.75, 3.05) is 26.4 Å². The van der Waals surface area contributed by atoms with Crippen molar-refractivity contribution in [3.05, 3.63) is 11.6 Å². The largest absolute Gasteiger partial charge is 0.432 e. The van der Waals surface area contributed by atoms with E-state index in [2.05, 4.69) is 40.7 Å². The molecule has 4 saturated carbocycles. The number of aliphatic hydroxyl groups excluding tert-OH is 14. The van der Waals surface area contributed by atoms with Crippen molar-refractivity contribution in [1.82, 2.24) is 0 Å². The maximum Gasteiger partial charge on any atom is 0.315 e. The van der Waals surface area contributed by atoms with Crippen LogP contribution in [-0.2, 0) is 52.2 Å². The van der Waals surface area contributed by atoms with Crippen LogP contribution in [0.2, 0.25) is 0 Å². The van der Waals surface area contributed by atoms with Gasteiger partial charge in [0, 0.05) is 5.92 Å². The van der Waals surface area contributed by atoms with E-state index in [9.17, 15) is 76.6 Å². The quantitative estimate of drug-likeness (QED) is 0.0528. The van der Waals surface area contributed by atoms with Gasteiger partial charge in [-0.05, 0) is 111 Å². The molecule has 26 nitrogen and oxygen atoms in total. The van der Waals surface area contributed by atoms with Gasteiger partial charge in [0.2, 0.25) is 6.29 Å². The zero-order valence-electron chi connectivity index (χ0n) is 49.1. The van der Waals surface area contributed by atoms with Crippen molar-refractivity contribution < 1.29 is 129 Å². The molecule has 5 heterocycles. The summed E-state index contributed by atoms with van der Waals surface area (Å²) in [5.74, 6) is -1.59. The van der Waals surface area contributed by atoms with Crippen LogP contribution in [0.1, 0.15) is 113 Å². The summed E-state index contributed by atoms with van der Waals surface area (Å²) in [7, 11) is 0. The minimum absolute atomic E-state index is 0.0540. The van der Waals surface area contributed by atoms with E-state index >= 15 is 4.79 Å². The van der Waals surface area contributed by atoms with E-state index < -0.39 is 201 Å². The van der Waals surface area contributed by atoms with E-state index in [1.165, 1.54) is 6.92 Å². The minimum atomic E-state index is -1.92. The highest BCUT2D eigenvalue weighted by Crippen LogP contribution is 2.76. The van der Waals surface area contributed by atoms with Gasteiger partial charge in [-0.3, -0.25) is 4.79 Å². The number of allylic oxidation sites excluding steroid dienone is 1. The highest BCUT2D eigenvalue weighted by molar-refractivity contribution is 5.79. The average Bonchev–Trinajstić information content (AvgIpc) is 0.697. The van der Waals surface area contributed by atoms with E-state index in [1.807, 2.05) is 6.92 Å². The molecular formula is C58H94O26. The Balaban J connectivity index is 0.884. The lowest BCUT2D eigenvalue weighted by Gasteiger charge is -2.72. The number of aliphatic hydroxyl groups is 15. The second kappa shape index (κ2) is 23.8. The fourth-order valence-corrected chi connectivity index (χ4v) is 17.5. The zero-order chi connectivity index (χ0) is 61.3. The van der Waals surface area contributed by atoms with E-state index in [-0.39, 0.29) is 35.2 Å². The number of ether oxygens (including phenoxy) is 10. The minimum Gasteiger partial charge on any atom is -0.432 e. The van der Waals surface area contributed by atoms with Crippen LogP contribution in [0.25, 0.3) is 0 Å². The Bertz CT molecular complexity index is 2350. The van der Waals surface area contributed by atoms with E-state index in [0.717, 1.165) is 18.4 Å². The van der Waals surface area contributed by atoms with Gasteiger partial charge >= 0.3 is 5.97 Å². The second-order valence-electron chi connectivity index (χ2n) is 27.9. The zero-order valence-corrected chi connectivity index (χ0v) is 49.1. The molecular weight excluding hydrogens is 1110 g/mol. The van der Waals surface area contributed by atoms with E-state index in [4.69, 9.17) is 47.4 Å². The Labute approximate surface area is 488 Å². The van der Waals surface area contributed by atoms with Crippen LogP contribution < -0.4 is 0 Å². The van der Waals surface area contributed by atoms with Crippen LogP contribution in [0, 0.1) is 50.7 Å². The molecule has 0 aromatic heterocycles. The normalized spacial score (nSPS) is 55.8. The molecule has 15 N–H and O–H groups in total. The number of hydrogen-bond donors (Lipinski definition) is 15. The van der Waals surface area contributed by atoms with Gasteiger partial charge in [-0.1, -0.05) is 53.2 Å². The van der Waals surface area contributed by atoms with Crippen LogP contribution in [-0.4, -0.2) is 262 Å². The number of rotatable bonds is 12. The molecule has 0 spiro atoms. The second-order valence-corrected chi connectivity index (χ2v) is 27.9. The molecule has 0 unspecified atom stereocenters. The van der Waals surface area contributed by atoms with Gasteiger partial charge in [-0.15, -0.1) is 0 Å². The molecule has 5 aliphatic carbocycles. The molecule has 0 aromatic carbocycles. The molecule has 26 heteroatoms. The van der Waals surface area contributed by atoms with Crippen molar-refractivity contribution >= 4 is 5.97 Å². The van der Waals surface area contributed by atoms with Crippen molar-refractivity contribution in [2.24, 2.45) is 50.7 Å². The molecule has 0 aromatic rings. The summed E-state index contributed by atoms with van der Waals surface area (Å²) < 4.78 is 60.3. The fourth-order valence-electron chi connectivity index (χ4n) is 17.5. The molecule has 33 atom stereocenters. The highest BCUT2D eigenvalue weighted by atomic mass is 16.8. The summed E-state index contributed by atoms with van der Waals surface area (Å²) in [5, 5.41) is 163. The molecule has 0 radical (unpaired) electrons. The summed E-state index contributed by atoms with van der Waals surface area (Å²) in [5.41, 5.74) is -3.54. The molecule has 84 heavy (non-hydrogen) atoms. The first-order valence-electron chi connectivity index (χ1n) is 30.2. The molecule has 5 aliphatic heterocycles. The SMILES string of the molecule is C[C@@H]1O[C@@H](O[C@H]2[C@H](O[C@H]3CC[C@]4(C)[C@H]5CC=C6[C@H]7[C@](C(=O)O[C@@H]8O[C@H](CO[C@@H]9O[C@H](CO)[C@@H](O)[C@H](O)[C@H]9O)[C@@H](O)[C@H](O)[C@H]8O)(CC[C@@H](C)[C@@]7(C)O)CC[C@@]6(C)[C@]5(C)CC[C@H]4C3(C)C)OC[C@@H](O)[C@@H]2O[C@@H]2OC[C@H](O)[C@H](O)[C@H]2O)[C@H](O)[C@H](O)[C@H]1O. The third-order valence-corrected chi connectivity index (χ3v) is 23.1. The smallest absolute Gasteiger partial charge is 0.315 e. The van der Waals surface area contributed by atoms with Crippen LogP contribution >= 0.6 is 0 Å². The van der Waals surface area contributed by atoms with Crippen molar-refractivity contribution in [3.63, 3.8) is 0 Å². The summed E-state index contributed by atoms with van der Waals surface area (Å²) >= 11 is 0. The van der Waals surface area contributed by atoms with Crippen LogP contribution in [0.5, 0.6) is 0 Å². The van der Waals surface area contributed by atoms with Gasteiger partial charge in [0.05, 0.1) is 49.7 Å². The first-order chi connectivity index (χ1) is 39.3. The number of hydrogen-bond acceptors (Lipinski definition) is 26. The lowest BCUT2D eigenvalue weighted by atomic mass is 9.33. The average molecular weight is 1210 g/mol. The first-order valence-corrected chi connectivity index (χ1v) is 30.2. The van der Waals surface area contributed by atoms with Gasteiger partial charge in [-0.25, -0.2) is 0 Å². The maximum absolute atomic E-state index is 15.2. The number of fused-ring (bicyclic) bond motifs is 7. The Hall–Kier alpha value is -1.75. The Morgan fingerprint density at radius 2 is 1.17 bits per heavy atom. The predicted molar refractivity (Wildman–Crippen MR) is 283 cm³/mol. The maximum atomic E-state index is 15.2. The third kappa shape index (κ3) is 10.6. The van der Waals surface area contributed by atoms with Crippen molar-refractivity contribution in [1.29, 1.82) is 0 Å². The molecule has 0 amide bonds. The Morgan fingerprint density at radius 3 is 1.86 bits per heavy atom. The van der Waals surface area contributed by atoms with Gasteiger partial charge in [0.15, 0.2) is 25.2 Å². The summed E-state index contributed by atoms with van der Waals surface area (Å²) in [6, 6.07) is 0. The Kier molecular flexibility index (Phi) is 18.5.